The fourth-order valence-corrected chi connectivity index (χ4v) is 2.33. The van der Waals surface area contributed by atoms with Crippen molar-refractivity contribution in [1.82, 2.24) is 5.32 Å². The van der Waals surface area contributed by atoms with Crippen LogP contribution >= 0.6 is 0 Å². The molecular weight excluding hydrogens is 184 g/mol. The molecule has 1 aliphatic rings. The van der Waals surface area contributed by atoms with Crippen LogP contribution in [0.4, 0.5) is 0 Å². The number of hydrogen-bond donors (Lipinski definition) is 1. The van der Waals surface area contributed by atoms with Gasteiger partial charge in [0.05, 0.1) is 11.6 Å². The molecule has 78 valence electrons. The van der Waals surface area contributed by atoms with Crippen molar-refractivity contribution in [3.8, 4) is 6.07 Å². The largest absolute Gasteiger partial charge is 0.316 e. The summed E-state index contributed by atoms with van der Waals surface area (Å²) in [5.74, 6) is 0.519. The van der Waals surface area contributed by atoms with Crippen LogP contribution in [-0.2, 0) is 0 Å². The molecule has 15 heavy (non-hydrogen) atoms. The van der Waals surface area contributed by atoms with E-state index in [-0.39, 0.29) is 5.41 Å². The number of hydrogen-bond acceptors (Lipinski definition) is 2. The van der Waals surface area contributed by atoms with E-state index in [1.165, 1.54) is 5.56 Å². The first-order chi connectivity index (χ1) is 7.13. The SMILES string of the molecule is CC1(C)CNCC1c1cccc(C#N)c1. The first-order valence-corrected chi connectivity index (χ1v) is 5.34. The molecular formula is C13H16N2. The molecule has 2 rings (SSSR count). The highest BCUT2D eigenvalue weighted by atomic mass is 14.9. The third-order valence-corrected chi connectivity index (χ3v) is 3.29. The Morgan fingerprint density at radius 1 is 1.47 bits per heavy atom. The minimum atomic E-state index is 0.286. The average molecular weight is 200 g/mol. The zero-order chi connectivity index (χ0) is 10.9. The summed E-state index contributed by atoms with van der Waals surface area (Å²) in [6, 6.07) is 10.2. The molecule has 2 nitrogen and oxygen atoms in total. The molecule has 0 aromatic heterocycles. The molecule has 0 saturated carbocycles. The molecule has 1 atom stereocenters. The lowest BCUT2D eigenvalue weighted by molar-refractivity contribution is 0.363. The van der Waals surface area contributed by atoms with Crippen LogP contribution in [0, 0.1) is 16.7 Å². The van der Waals surface area contributed by atoms with Crippen LogP contribution in [0.3, 0.4) is 0 Å². The summed E-state index contributed by atoms with van der Waals surface area (Å²) in [6.07, 6.45) is 0. The van der Waals surface area contributed by atoms with Crippen LogP contribution in [0.25, 0.3) is 0 Å². The van der Waals surface area contributed by atoms with Crippen molar-refractivity contribution in [3.05, 3.63) is 35.4 Å². The molecule has 1 aromatic rings. The van der Waals surface area contributed by atoms with Gasteiger partial charge >= 0.3 is 0 Å². The van der Waals surface area contributed by atoms with Crippen molar-refractivity contribution in [2.45, 2.75) is 19.8 Å². The van der Waals surface area contributed by atoms with Gasteiger partial charge < -0.3 is 5.32 Å². The van der Waals surface area contributed by atoms with E-state index >= 15 is 0 Å². The topological polar surface area (TPSA) is 35.8 Å². The number of nitriles is 1. The molecule has 0 spiro atoms. The summed E-state index contributed by atoms with van der Waals surface area (Å²) in [5, 5.41) is 12.3. The number of rotatable bonds is 1. The fraction of sp³-hybridized carbons (Fsp3) is 0.462. The monoisotopic (exact) mass is 200 g/mol. The van der Waals surface area contributed by atoms with Gasteiger partial charge in [-0.15, -0.1) is 0 Å². The zero-order valence-electron chi connectivity index (χ0n) is 9.25. The van der Waals surface area contributed by atoms with Gasteiger partial charge in [-0.05, 0) is 23.1 Å². The molecule has 1 aliphatic heterocycles. The molecule has 1 N–H and O–H groups in total. The van der Waals surface area contributed by atoms with Crippen LogP contribution in [0.1, 0.15) is 30.9 Å². The van der Waals surface area contributed by atoms with E-state index in [2.05, 4.69) is 31.3 Å². The first-order valence-electron chi connectivity index (χ1n) is 5.34. The standard InChI is InChI=1S/C13H16N2/c1-13(2)9-15-8-12(13)11-5-3-4-10(6-11)7-14/h3-6,12,15H,8-9H2,1-2H3. The van der Waals surface area contributed by atoms with Crippen LogP contribution < -0.4 is 5.32 Å². The molecule has 1 aromatic carbocycles. The van der Waals surface area contributed by atoms with E-state index in [0.29, 0.717) is 5.92 Å². The van der Waals surface area contributed by atoms with Gasteiger partial charge in [-0.25, -0.2) is 0 Å². The molecule has 0 amide bonds. The van der Waals surface area contributed by atoms with Crippen LogP contribution in [0.5, 0.6) is 0 Å². The van der Waals surface area contributed by atoms with Gasteiger partial charge in [-0.2, -0.15) is 5.26 Å². The van der Waals surface area contributed by atoms with E-state index < -0.39 is 0 Å². The Balaban J connectivity index is 2.34. The van der Waals surface area contributed by atoms with E-state index in [0.717, 1.165) is 18.7 Å². The van der Waals surface area contributed by atoms with E-state index in [9.17, 15) is 0 Å². The van der Waals surface area contributed by atoms with Gasteiger partial charge in [-0.1, -0.05) is 26.0 Å². The lowest BCUT2D eigenvalue weighted by Gasteiger charge is -2.26. The summed E-state index contributed by atoms with van der Waals surface area (Å²) in [6.45, 7) is 6.61. The molecule has 1 fully saturated rings. The quantitative estimate of drug-likeness (QED) is 0.755. The van der Waals surface area contributed by atoms with Crippen molar-refractivity contribution in [2.24, 2.45) is 5.41 Å². The van der Waals surface area contributed by atoms with Crippen molar-refractivity contribution in [2.75, 3.05) is 13.1 Å². The van der Waals surface area contributed by atoms with Crippen molar-refractivity contribution >= 4 is 0 Å². The summed E-state index contributed by atoms with van der Waals surface area (Å²) < 4.78 is 0. The number of nitrogens with one attached hydrogen (secondary N) is 1. The van der Waals surface area contributed by atoms with Gasteiger partial charge in [0.2, 0.25) is 0 Å². The minimum absolute atomic E-state index is 0.286. The summed E-state index contributed by atoms with van der Waals surface area (Å²) >= 11 is 0. The Kier molecular flexibility index (Phi) is 2.50. The maximum atomic E-state index is 8.87. The minimum Gasteiger partial charge on any atom is -0.316 e. The summed E-state index contributed by atoms with van der Waals surface area (Å²) in [7, 11) is 0. The molecule has 0 bridgehead atoms. The van der Waals surface area contributed by atoms with Crippen LogP contribution in [-0.4, -0.2) is 13.1 Å². The predicted octanol–water partition coefficient (Wildman–Crippen LogP) is 2.27. The Bertz CT molecular complexity index is 401. The van der Waals surface area contributed by atoms with Crippen LogP contribution in [0.2, 0.25) is 0 Å². The molecule has 0 aliphatic carbocycles. The summed E-state index contributed by atoms with van der Waals surface area (Å²) in [5.41, 5.74) is 2.33. The first kappa shape index (κ1) is 10.2. The van der Waals surface area contributed by atoms with Gasteiger partial charge in [0.15, 0.2) is 0 Å². The average Bonchev–Trinajstić information content (AvgIpc) is 2.58. The Morgan fingerprint density at radius 2 is 2.27 bits per heavy atom. The highest BCUT2D eigenvalue weighted by molar-refractivity contribution is 5.35. The summed E-state index contributed by atoms with van der Waals surface area (Å²) in [4.78, 5) is 0. The molecule has 1 unspecified atom stereocenters. The van der Waals surface area contributed by atoms with Crippen molar-refractivity contribution in [3.63, 3.8) is 0 Å². The molecule has 0 radical (unpaired) electrons. The van der Waals surface area contributed by atoms with E-state index in [4.69, 9.17) is 5.26 Å². The number of nitrogens with zero attached hydrogens (tertiary/aromatic N) is 1. The second-order valence-electron chi connectivity index (χ2n) is 4.91. The highest BCUT2D eigenvalue weighted by Crippen LogP contribution is 2.38. The highest BCUT2D eigenvalue weighted by Gasteiger charge is 2.35. The Morgan fingerprint density at radius 3 is 2.87 bits per heavy atom. The molecule has 1 saturated heterocycles. The third kappa shape index (κ3) is 1.88. The maximum absolute atomic E-state index is 8.87. The van der Waals surface area contributed by atoms with E-state index in [1.54, 1.807) is 0 Å². The zero-order valence-corrected chi connectivity index (χ0v) is 9.25. The third-order valence-electron chi connectivity index (χ3n) is 3.29. The smallest absolute Gasteiger partial charge is 0.0991 e. The lowest BCUT2D eigenvalue weighted by Crippen LogP contribution is -2.20. The number of benzene rings is 1. The predicted molar refractivity (Wildman–Crippen MR) is 60.5 cm³/mol. The lowest BCUT2D eigenvalue weighted by atomic mass is 9.77. The molecule has 2 heteroatoms. The Hall–Kier alpha value is -1.33. The van der Waals surface area contributed by atoms with Crippen molar-refractivity contribution in [1.29, 1.82) is 5.26 Å². The van der Waals surface area contributed by atoms with Crippen molar-refractivity contribution < 1.29 is 0 Å². The van der Waals surface area contributed by atoms with Crippen LogP contribution in [0.15, 0.2) is 24.3 Å². The fourth-order valence-electron chi connectivity index (χ4n) is 2.33. The second kappa shape index (κ2) is 3.67. The van der Waals surface area contributed by atoms with E-state index in [1.807, 2.05) is 18.2 Å². The normalized spacial score (nSPS) is 23.7. The Labute approximate surface area is 90.9 Å². The van der Waals surface area contributed by atoms with Gasteiger partial charge in [-0.3, -0.25) is 0 Å². The van der Waals surface area contributed by atoms with Gasteiger partial charge in [0.25, 0.3) is 0 Å². The molecule has 1 heterocycles. The van der Waals surface area contributed by atoms with Gasteiger partial charge in [0, 0.05) is 19.0 Å². The maximum Gasteiger partial charge on any atom is 0.0991 e. The van der Waals surface area contributed by atoms with Gasteiger partial charge in [0.1, 0.15) is 0 Å². The second-order valence-corrected chi connectivity index (χ2v) is 4.91.